The number of carbonyl (C=O) groups excluding carboxylic acids is 2. The molecule has 0 N–H and O–H groups in total. The van der Waals surface area contributed by atoms with Crippen LogP contribution in [0.5, 0.6) is 5.75 Å². The topological polar surface area (TPSA) is 130 Å². The van der Waals surface area contributed by atoms with Crippen LogP contribution < -0.4 is 19.6 Å². The Hall–Kier alpha value is -6.53. The lowest BCUT2D eigenvalue weighted by Crippen LogP contribution is -2.40. The number of aromatic nitrogens is 1. The zero-order valence-corrected chi connectivity index (χ0v) is 27.6. The first-order valence-electron chi connectivity index (χ1n) is 15.8. The molecule has 12 heteroatoms. The van der Waals surface area contributed by atoms with Crippen LogP contribution in [0, 0.1) is 15.9 Å². The molecule has 51 heavy (non-hydrogen) atoms. The van der Waals surface area contributed by atoms with Gasteiger partial charge in [0.2, 0.25) is 0 Å². The first-order chi connectivity index (χ1) is 24.7. The molecule has 1 aromatic heterocycles. The summed E-state index contributed by atoms with van der Waals surface area (Å²) < 4.78 is 27.1. The molecule has 0 radical (unpaired) electrons. The van der Waals surface area contributed by atoms with Crippen molar-refractivity contribution in [3.63, 3.8) is 0 Å². The summed E-state index contributed by atoms with van der Waals surface area (Å²) in [4.78, 5) is 57.1. The maximum atomic E-state index is 14.5. The molecule has 0 fully saturated rings. The molecule has 0 aliphatic carbocycles. The Morgan fingerprint density at radius 2 is 1.63 bits per heavy atom. The number of halogens is 1. The number of benzene rings is 5. The number of fused-ring (bicyclic) bond motifs is 2. The highest BCUT2D eigenvalue weighted by Crippen LogP contribution is 2.35. The van der Waals surface area contributed by atoms with E-state index in [0.29, 0.717) is 27.8 Å². The number of carbonyl (C=O) groups is 2. The molecule has 7 rings (SSSR count). The summed E-state index contributed by atoms with van der Waals surface area (Å²) in [5.41, 5.74) is 1.41. The van der Waals surface area contributed by atoms with Crippen molar-refractivity contribution in [1.29, 1.82) is 0 Å². The quantitative estimate of drug-likeness (QED) is 0.0783. The molecule has 10 nitrogen and oxygen atoms in total. The van der Waals surface area contributed by atoms with E-state index in [9.17, 15) is 28.9 Å². The van der Waals surface area contributed by atoms with Crippen molar-refractivity contribution >= 4 is 51.5 Å². The molecule has 2 heterocycles. The van der Waals surface area contributed by atoms with Gasteiger partial charge in [-0.25, -0.2) is 19.0 Å². The normalized spacial score (nSPS) is 14.2. The summed E-state index contributed by atoms with van der Waals surface area (Å²) in [6, 6.07) is 29.4. The van der Waals surface area contributed by atoms with Gasteiger partial charge in [-0.1, -0.05) is 84.1 Å². The molecule has 0 saturated carbocycles. The van der Waals surface area contributed by atoms with Gasteiger partial charge in [-0.3, -0.25) is 19.5 Å². The van der Waals surface area contributed by atoms with E-state index < -0.39 is 34.3 Å². The summed E-state index contributed by atoms with van der Waals surface area (Å²) in [6.45, 7) is 1.76. The lowest BCUT2D eigenvalue weighted by Gasteiger charge is -2.25. The van der Waals surface area contributed by atoms with Crippen LogP contribution in [0.25, 0.3) is 22.5 Å². The number of rotatable bonds is 8. The van der Waals surface area contributed by atoms with E-state index in [-0.39, 0.29) is 38.5 Å². The summed E-state index contributed by atoms with van der Waals surface area (Å²) >= 11 is 1.08. The summed E-state index contributed by atoms with van der Waals surface area (Å²) in [7, 11) is 0. The minimum atomic E-state index is -1.01. The van der Waals surface area contributed by atoms with Crippen molar-refractivity contribution in [3.05, 3.63) is 179 Å². The van der Waals surface area contributed by atoms with Gasteiger partial charge >= 0.3 is 11.9 Å². The van der Waals surface area contributed by atoms with Crippen molar-refractivity contribution in [2.45, 2.75) is 13.0 Å². The fourth-order valence-electron chi connectivity index (χ4n) is 5.92. The molecule has 252 valence electrons. The van der Waals surface area contributed by atoms with E-state index in [2.05, 4.69) is 0 Å². The zero-order valence-electron chi connectivity index (χ0n) is 26.8. The highest BCUT2D eigenvalue weighted by Gasteiger charge is 2.35. The van der Waals surface area contributed by atoms with Crippen LogP contribution in [0.1, 0.15) is 40.0 Å². The van der Waals surface area contributed by atoms with E-state index in [1.807, 2.05) is 42.5 Å². The Morgan fingerprint density at radius 1 is 0.922 bits per heavy atom. The molecule has 0 spiro atoms. The highest BCUT2D eigenvalue weighted by molar-refractivity contribution is 7.07. The second-order valence-corrected chi connectivity index (χ2v) is 12.4. The number of thiazole rings is 1. The van der Waals surface area contributed by atoms with Gasteiger partial charge < -0.3 is 9.47 Å². The van der Waals surface area contributed by atoms with Gasteiger partial charge in [-0.15, -0.1) is 0 Å². The van der Waals surface area contributed by atoms with Gasteiger partial charge in [-0.2, -0.15) is 0 Å². The Morgan fingerprint density at radius 3 is 2.33 bits per heavy atom. The number of non-ortho nitro benzene ring substituents is 1. The third kappa shape index (κ3) is 6.35. The number of hydrogen-bond donors (Lipinski definition) is 0. The maximum Gasteiger partial charge on any atom is 0.343 e. The van der Waals surface area contributed by atoms with Gasteiger partial charge in [0.15, 0.2) is 4.80 Å². The van der Waals surface area contributed by atoms with Gasteiger partial charge in [0.25, 0.3) is 11.2 Å². The predicted molar refractivity (Wildman–Crippen MR) is 189 cm³/mol. The smallest absolute Gasteiger partial charge is 0.343 e. The Bertz CT molecular complexity index is 2560. The molecular formula is C39H26FN3O7S. The van der Waals surface area contributed by atoms with Gasteiger partial charge in [-0.05, 0) is 59.7 Å². The van der Waals surface area contributed by atoms with Crippen molar-refractivity contribution < 1.29 is 28.4 Å². The average molecular weight is 700 g/mol. The number of hydrogen-bond acceptors (Lipinski definition) is 9. The molecule has 0 saturated heterocycles. The van der Waals surface area contributed by atoms with Crippen LogP contribution in [0.4, 0.5) is 10.1 Å². The first-order valence-corrected chi connectivity index (χ1v) is 16.6. The van der Waals surface area contributed by atoms with Crippen LogP contribution in [0.3, 0.4) is 0 Å². The van der Waals surface area contributed by atoms with Crippen LogP contribution >= 0.6 is 11.3 Å². The lowest BCUT2D eigenvalue weighted by molar-refractivity contribution is -0.384. The van der Waals surface area contributed by atoms with Crippen molar-refractivity contribution in [1.82, 2.24) is 4.57 Å². The van der Waals surface area contributed by atoms with Crippen LogP contribution in [0.2, 0.25) is 0 Å². The highest BCUT2D eigenvalue weighted by atomic mass is 32.1. The molecular weight excluding hydrogens is 674 g/mol. The molecule has 1 aliphatic rings. The van der Waals surface area contributed by atoms with Gasteiger partial charge in [0.05, 0.1) is 38.9 Å². The summed E-state index contributed by atoms with van der Waals surface area (Å²) in [5.74, 6) is -1.75. The Kier molecular flexibility index (Phi) is 8.90. The molecule has 0 amide bonds. The van der Waals surface area contributed by atoms with E-state index in [0.717, 1.165) is 16.7 Å². The standard InChI is InChI=1S/C39H26FN3O7S/c1-2-49-38(46)33-34(24-9-4-3-5-10-24)41-39-42(35(33)25-12-17-27(40)18-13-25)36(44)32(51-39)22-30-29-11-7-6-8-23(29)16-21-31(30)50-37(45)26-14-19-28(20-15-26)43(47)48/h3-22,35H,2H2,1H3/b32-22-/t35-/m0/s1. The number of esters is 2. The fourth-order valence-corrected chi connectivity index (χ4v) is 6.91. The van der Waals surface area contributed by atoms with Crippen molar-refractivity contribution in [3.8, 4) is 5.75 Å². The van der Waals surface area contributed by atoms with Crippen molar-refractivity contribution in [2.24, 2.45) is 4.99 Å². The van der Waals surface area contributed by atoms with Crippen LogP contribution in [0.15, 0.2) is 131 Å². The third-order valence-electron chi connectivity index (χ3n) is 8.28. The molecule has 0 bridgehead atoms. The second kappa shape index (κ2) is 13.8. The van der Waals surface area contributed by atoms with Crippen molar-refractivity contribution in [2.75, 3.05) is 6.61 Å². The second-order valence-electron chi connectivity index (χ2n) is 11.4. The Labute approximate surface area is 292 Å². The number of ether oxygens (including phenoxy) is 2. The van der Waals surface area contributed by atoms with Crippen LogP contribution in [-0.4, -0.2) is 28.0 Å². The third-order valence-corrected chi connectivity index (χ3v) is 9.26. The molecule has 5 aromatic carbocycles. The molecule has 1 aliphatic heterocycles. The zero-order chi connectivity index (χ0) is 35.6. The number of nitro groups is 1. The lowest BCUT2D eigenvalue weighted by atomic mass is 9.93. The van der Waals surface area contributed by atoms with E-state index >= 15 is 0 Å². The van der Waals surface area contributed by atoms with Gasteiger partial charge in [0.1, 0.15) is 11.6 Å². The van der Waals surface area contributed by atoms with E-state index in [1.165, 1.54) is 53.1 Å². The molecule has 6 aromatic rings. The summed E-state index contributed by atoms with van der Waals surface area (Å²) in [5, 5.41) is 12.6. The molecule has 0 unspecified atom stereocenters. The first kappa shape index (κ1) is 33.0. The maximum absolute atomic E-state index is 14.5. The van der Waals surface area contributed by atoms with E-state index in [1.54, 1.807) is 37.3 Å². The minimum Gasteiger partial charge on any atom is -0.463 e. The van der Waals surface area contributed by atoms with E-state index in [4.69, 9.17) is 14.5 Å². The fraction of sp³-hybridized carbons (Fsp3) is 0.0769. The number of nitro benzene ring substituents is 1. The average Bonchev–Trinajstić information content (AvgIpc) is 3.46. The Balaban J connectivity index is 1.44. The number of nitrogens with zero attached hydrogens (tertiary/aromatic N) is 3. The van der Waals surface area contributed by atoms with Crippen LogP contribution in [-0.2, 0) is 9.53 Å². The van der Waals surface area contributed by atoms with Gasteiger partial charge in [0, 0.05) is 23.3 Å². The monoisotopic (exact) mass is 699 g/mol. The SMILES string of the molecule is CCOC(=O)C1=C(c2ccccc2)N=c2s/c(=C\c3c(OC(=O)c4ccc([N+](=O)[O-])cc4)ccc4ccccc34)c(=O)n2[C@H]1c1ccc(F)cc1. The minimum absolute atomic E-state index is 0.0768. The summed E-state index contributed by atoms with van der Waals surface area (Å²) in [6.07, 6.45) is 1.61. The predicted octanol–water partition coefficient (Wildman–Crippen LogP) is 6.36. The largest absolute Gasteiger partial charge is 0.463 e. The molecule has 1 atom stereocenters.